The number of allylic oxidation sites excluding steroid dienone is 1. The van der Waals surface area contributed by atoms with Crippen molar-refractivity contribution in [3.05, 3.63) is 56.3 Å². The molecule has 0 fully saturated rings. The van der Waals surface area contributed by atoms with Gasteiger partial charge >= 0.3 is 29.0 Å². The molecule has 2 N–H and O–H groups in total. The zero-order chi connectivity index (χ0) is 25.5. The van der Waals surface area contributed by atoms with Crippen LogP contribution in [0.25, 0.3) is 0 Å². The second kappa shape index (κ2) is 11.6. The third-order valence-corrected chi connectivity index (χ3v) is 4.02. The topological polar surface area (TPSA) is 159 Å². The number of aliphatic hydroxyl groups excluding tert-OH is 2. The lowest BCUT2D eigenvalue weighted by Gasteiger charge is -2.20. The number of hydrogen-bond acceptors (Lipinski definition) is 9. The third-order valence-electron chi connectivity index (χ3n) is 4.02. The first kappa shape index (κ1) is 27.8. The Balaban J connectivity index is 2.94. The van der Waals surface area contributed by atoms with Gasteiger partial charge in [0.25, 0.3) is 0 Å². The van der Waals surface area contributed by atoms with E-state index in [1.54, 1.807) is 20.8 Å². The Morgan fingerprint density at radius 1 is 1.03 bits per heavy atom. The van der Waals surface area contributed by atoms with Crippen LogP contribution in [0.5, 0.6) is 0 Å². The summed E-state index contributed by atoms with van der Waals surface area (Å²) in [5.74, 6) is -1.64. The van der Waals surface area contributed by atoms with Gasteiger partial charge in [-0.3, -0.25) is 4.79 Å². The van der Waals surface area contributed by atoms with Gasteiger partial charge in [0.2, 0.25) is 0 Å². The van der Waals surface area contributed by atoms with E-state index in [1.165, 1.54) is 13.0 Å². The van der Waals surface area contributed by atoms with Crippen molar-refractivity contribution in [2.45, 2.75) is 71.6 Å². The molecule has 0 amide bonds. The monoisotopic (exact) mass is 469 g/mol. The van der Waals surface area contributed by atoms with Crippen molar-refractivity contribution in [2.75, 3.05) is 6.61 Å². The maximum absolute atomic E-state index is 12.6. The standard InChI is InChI=1S/C21H31N3O9/c1-7-8-22-18(29)23(10-14(3)25)20(31)24(19(22)30)11-15(26)12-32-16(27)9-13(2)17(28)33-21(4,5)6/h7,14-15,25-26H,1-2,8-12H2,3-6H3. The number of carbonyl (C=O) groups excluding carboxylic acids is 2. The van der Waals surface area contributed by atoms with E-state index in [0.29, 0.717) is 9.13 Å². The van der Waals surface area contributed by atoms with E-state index in [4.69, 9.17) is 9.47 Å². The molecule has 12 heteroatoms. The number of aliphatic hydroxyl groups is 2. The summed E-state index contributed by atoms with van der Waals surface area (Å²) in [6.45, 7) is 11.5. The Labute approximate surface area is 190 Å². The first-order chi connectivity index (χ1) is 15.2. The van der Waals surface area contributed by atoms with Gasteiger partial charge in [-0.15, -0.1) is 6.58 Å². The molecule has 33 heavy (non-hydrogen) atoms. The lowest BCUT2D eigenvalue weighted by Crippen LogP contribution is -2.56. The van der Waals surface area contributed by atoms with Gasteiger partial charge in [0, 0.05) is 5.57 Å². The van der Waals surface area contributed by atoms with Crippen LogP contribution in [0.4, 0.5) is 0 Å². The normalized spacial score (nSPS) is 13.2. The van der Waals surface area contributed by atoms with Crippen molar-refractivity contribution in [3.63, 3.8) is 0 Å². The molecule has 0 saturated carbocycles. The molecule has 12 nitrogen and oxygen atoms in total. The number of ether oxygens (including phenoxy) is 2. The lowest BCUT2D eigenvalue weighted by molar-refractivity contribution is -0.153. The maximum Gasteiger partial charge on any atom is 0.336 e. The zero-order valence-corrected chi connectivity index (χ0v) is 19.3. The average molecular weight is 469 g/mol. The number of nitrogens with zero attached hydrogens (tertiary/aromatic N) is 3. The van der Waals surface area contributed by atoms with Crippen LogP contribution >= 0.6 is 0 Å². The van der Waals surface area contributed by atoms with Gasteiger partial charge in [-0.05, 0) is 27.7 Å². The summed E-state index contributed by atoms with van der Waals surface area (Å²) in [6, 6.07) is 0. The fourth-order valence-electron chi connectivity index (χ4n) is 2.64. The molecular weight excluding hydrogens is 438 g/mol. The molecule has 1 aromatic rings. The highest BCUT2D eigenvalue weighted by atomic mass is 16.6. The number of aromatic nitrogens is 3. The van der Waals surface area contributed by atoms with Crippen molar-refractivity contribution in [2.24, 2.45) is 0 Å². The molecule has 1 aromatic heterocycles. The molecule has 2 atom stereocenters. The van der Waals surface area contributed by atoms with Crippen LogP contribution in [0.15, 0.2) is 39.2 Å². The van der Waals surface area contributed by atoms with E-state index in [-0.39, 0.29) is 18.7 Å². The summed E-state index contributed by atoms with van der Waals surface area (Å²) >= 11 is 0. The molecule has 0 radical (unpaired) electrons. The summed E-state index contributed by atoms with van der Waals surface area (Å²) in [5, 5.41) is 19.8. The highest BCUT2D eigenvalue weighted by Crippen LogP contribution is 2.12. The van der Waals surface area contributed by atoms with E-state index in [2.05, 4.69) is 13.2 Å². The maximum atomic E-state index is 12.6. The minimum absolute atomic E-state index is 0.141. The van der Waals surface area contributed by atoms with E-state index in [1.807, 2.05) is 0 Å². The van der Waals surface area contributed by atoms with E-state index in [9.17, 15) is 34.2 Å². The second-order valence-corrected chi connectivity index (χ2v) is 8.44. The number of hydrogen-bond donors (Lipinski definition) is 2. The fraction of sp³-hybridized carbons (Fsp3) is 0.571. The average Bonchev–Trinajstić information content (AvgIpc) is 2.68. The predicted octanol–water partition coefficient (Wildman–Crippen LogP) is -1.07. The van der Waals surface area contributed by atoms with E-state index >= 15 is 0 Å². The molecular formula is C21H31N3O9. The molecule has 184 valence electrons. The first-order valence-electron chi connectivity index (χ1n) is 10.2. The largest absolute Gasteiger partial charge is 0.463 e. The Kier molecular flexibility index (Phi) is 9.74. The van der Waals surface area contributed by atoms with Gasteiger partial charge in [0.15, 0.2) is 0 Å². The molecule has 2 unspecified atom stereocenters. The van der Waals surface area contributed by atoms with Gasteiger partial charge in [0.1, 0.15) is 18.3 Å². The molecule has 0 spiro atoms. The van der Waals surface area contributed by atoms with Crippen LogP contribution in [-0.2, 0) is 38.7 Å². The summed E-state index contributed by atoms with van der Waals surface area (Å²) < 4.78 is 12.0. The summed E-state index contributed by atoms with van der Waals surface area (Å²) in [4.78, 5) is 61.4. The van der Waals surface area contributed by atoms with Gasteiger partial charge < -0.3 is 19.7 Å². The second-order valence-electron chi connectivity index (χ2n) is 8.44. The predicted molar refractivity (Wildman–Crippen MR) is 118 cm³/mol. The van der Waals surface area contributed by atoms with Gasteiger partial charge in [-0.2, -0.15) is 0 Å². The molecule has 0 aliphatic rings. The number of rotatable bonds is 11. The quantitative estimate of drug-likeness (QED) is 0.234. The summed E-state index contributed by atoms with van der Waals surface area (Å²) in [7, 11) is 0. The minimum Gasteiger partial charge on any atom is -0.463 e. The highest BCUT2D eigenvalue weighted by molar-refractivity contribution is 5.93. The van der Waals surface area contributed by atoms with E-state index in [0.717, 1.165) is 4.57 Å². The van der Waals surface area contributed by atoms with Crippen LogP contribution in [0.3, 0.4) is 0 Å². The molecule has 0 aliphatic carbocycles. The Bertz CT molecular complexity index is 1070. The first-order valence-corrected chi connectivity index (χ1v) is 10.2. The van der Waals surface area contributed by atoms with Crippen LogP contribution in [0.1, 0.15) is 34.1 Å². The van der Waals surface area contributed by atoms with Gasteiger partial charge in [0.05, 0.1) is 32.2 Å². The van der Waals surface area contributed by atoms with Crippen LogP contribution in [-0.4, -0.2) is 60.3 Å². The van der Waals surface area contributed by atoms with Crippen molar-refractivity contribution in [3.8, 4) is 0 Å². The Hall–Kier alpha value is -3.25. The molecule has 1 rings (SSSR count). The molecule has 0 bridgehead atoms. The molecule has 0 aromatic carbocycles. The van der Waals surface area contributed by atoms with Crippen molar-refractivity contribution < 1.29 is 29.3 Å². The molecule has 1 heterocycles. The summed E-state index contributed by atoms with van der Waals surface area (Å²) in [5.41, 5.74) is -3.86. The van der Waals surface area contributed by atoms with Crippen LogP contribution < -0.4 is 17.1 Å². The highest BCUT2D eigenvalue weighted by Gasteiger charge is 2.22. The smallest absolute Gasteiger partial charge is 0.336 e. The Morgan fingerprint density at radius 2 is 1.55 bits per heavy atom. The van der Waals surface area contributed by atoms with Crippen molar-refractivity contribution in [1.29, 1.82) is 0 Å². The molecule has 0 saturated heterocycles. The third kappa shape index (κ3) is 8.31. The van der Waals surface area contributed by atoms with Crippen molar-refractivity contribution in [1.82, 2.24) is 13.7 Å². The van der Waals surface area contributed by atoms with Gasteiger partial charge in [-0.25, -0.2) is 32.9 Å². The Morgan fingerprint density at radius 3 is 2.03 bits per heavy atom. The fourth-order valence-corrected chi connectivity index (χ4v) is 2.64. The zero-order valence-electron chi connectivity index (χ0n) is 19.3. The van der Waals surface area contributed by atoms with Crippen molar-refractivity contribution >= 4 is 11.9 Å². The van der Waals surface area contributed by atoms with E-state index < -0.39 is 66.4 Å². The SMILES string of the molecule is C=CCn1c(=O)n(CC(C)O)c(=O)n(CC(O)COC(=O)CC(=C)C(=O)OC(C)(C)C)c1=O. The van der Waals surface area contributed by atoms with Crippen LogP contribution in [0.2, 0.25) is 0 Å². The van der Waals surface area contributed by atoms with Crippen LogP contribution in [0, 0.1) is 0 Å². The lowest BCUT2D eigenvalue weighted by atomic mass is 10.1. The number of carbonyl (C=O) groups is 2. The number of esters is 2. The van der Waals surface area contributed by atoms with Gasteiger partial charge in [-0.1, -0.05) is 12.7 Å². The summed E-state index contributed by atoms with van der Waals surface area (Å²) in [6.07, 6.45) is -1.74. The minimum atomic E-state index is -1.48. The molecule has 0 aliphatic heterocycles.